The van der Waals surface area contributed by atoms with E-state index in [0.29, 0.717) is 16.9 Å². The molecule has 2 aliphatic carbocycles. The first-order chi connectivity index (χ1) is 11.6. The first-order valence-electron chi connectivity index (χ1n) is 8.99. The summed E-state index contributed by atoms with van der Waals surface area (Å²) >= 11 is 0. The molecule has 4 nitrogen and oxygen atoms in total. The number of aliphatic hydroxyl groups is 1. The number of rotatable bonds is 2. The third kappa shape index (κ3) is 2.30. The van der Waals surface area contributed by atoms with Crippen molar-refractivity contribution in [1.82, 2.24) is 0 Å². The number of phenols is 1. The summed E-state index contributed by atoms with van der Waals surface area (Å²) in [5.74, 6) is 0.0347. The van der Waals surface area contributed by atoms with E-state index in [4.69, 9.17) is 4.74 Å². The molecule has 0 amide bonds. The summed E-state index contributed by atoms with van der Waals surface area (Å²) in [5.41, 5.74) is 1.69. The van der Waals surface area contributed by atoms with Crippen molar-refractivity contribution in [2.45, 2.75) is 65.2 Å². The Morgan fingerprint density at radius 3 is 2.36 bits per heavy atom. The van der Waals surface area contributed by atoms with Crippen LogP contribution >= 0.6 is 0 Å². The molecule has 0 heterocycles. The zero-order valence-electron chi connectivity index (χ0n) is 16.0. The summed E-state index contributed by atoms with van der Waals surface area (Å²) in [5, 5.41) is 21.8. The lowest BCUT2D eigenvalue weighted by molar-refractivity contribution is 0.0938. The lowest BCUT2D eigenvalue weighted by atomic mass is 9.54. The van der Waals surface area contributed by atoms with Gasteiger partial charge in [0.1, 0.15) is 0 Å². The quantitative estimate of drug-likeness (QED) is 0.792. The van der Waals surface area contributed by atoms with Crippen molar-refractivity contribution in [3.8, 4) is 11.5 Å². The molecule has 0 aliphatic heterocycles. The lowest BCUT2D eigenvalue weighted by Gasteiger charge is -2.49. The van der Waals surface area contributed by atoms with Gasteiger partial charge in [-0.25, -0.2) is 0 Å². The van der Waals surface area contributed by atoms with Gasteiger partial charge in [0, 0.05) is 22.1 Å². The van der Waals surface area contributed by atoms with E-state index in [0.717, 1.165) is 30.4 Å². The van der Waals surface area contributed by atoms with Gasteiger partial charge in [0.2, 0.25) is 5.78 Å². The third-order valence-electron chi connectivity index (χ3n) is 6.06. The summed E-state index contributed by atoms with van der Waals surface area (Å²) < 4.78 is 5.50. The summed E-state index contributed by atoms with van der Waals surface area (Å²) in [6.07, 6.45) is 2.67. The maximum atomic E-state index is 13.0. The normalized spacial score (nSPS) is 25.0. The molecule has 0 saturated heterocycles. The fraction of sp³-hybridized carbons (Fsp3) is 0.571. The van der Waals surface area contributed by atoms with E-state index >= 15 is 0 Å². The summed E-state index contributed by atoms with van der Waals surface area (Å²) in [6, 6.07) is 1.79. The van der Waals surface area contributed by atoms with Crippen molar-refractivity contribution in [1.29, 1.82) is 0 Å². The average molecular weight is 344 g/mol. The highest BCUT2D eigenvalue weighted by atomic mass is 16.5. The number of carbonyl (C=O) groups excluding carboxylic acids is 1. The minimum atomic E-state index is -0.568. The molecule has 1 saturated carbocycles. The number of fused-ring (bicyclic) bond motifs is 3. The van der Waals surface area contributed by atoms with E-state index in [1.54, 1.807) is 13.2 Å². The Bertz CT molecular complexity index is 786. The van der Waals surface area contributed by atoms with Gasteiger partial charge < -0.3 is 14.9 Å². The largest absolute Gasteiger partial charge is 0.504 e. The number of methoxy groups -OCH3 is 1. The molecule has 1 aromatic rings. The maximum Gasteiger partial charge on any atom is 0.227 e. The molecule has 1 fully saturated rings. The predicted molar refractivity (Wildman–Crippen MR) is 97.7 cm³/mol. The fourth-order valence-corrected chi connectivity index (χ4v) is 5.01. The standard InChI is InChI=1S/C21H28O4/c1-11(2)12-10-13-14(16(23)18(12)25-6)21(5)9-7-8-20(3,4)19(21)17(24)15(13)22/h10-11,23-24H,7-9H2,1-6H3. The number of hydrogen-bond donors (Lipinski definition) is 2. The number of Topliss-reactive ketones (excluding diaryl/α,β-unsaturated/α-hetero) is 1. The van der Waals surface area contributed by atoms with E-state index in [2.05, 4.69) is 13.8 Å². The number of hydrogen-bond acceptors (Lipinski definition) is 4. The van der Waals surface area contributed by atoms with Gasteiger partial charge in [-0.2, -0.15) is 0 Å². The van der Waals surface area contributed by atoms with E-state index in [-0.39, 0.29) is 22.8 Å². The molecule has 0 radical (unpaired) electrons. The molecule has 0 bridgehead atoms. The van der Waals surface area contributed by atoms with Gasteiger partial charge in [-0.3, -0.25) is 4.79 Å². The Morgan fingerprint density at radius 2 is 1.80 bits per heavy atom. The van der Waals surface area contributed by atoms with Crippen molar-refractivity contribution in [2.24, 2.45) is 5.41 Å². The number of allylic oxidation sites excluding steroid dienone is 2. The van der Waals surface area contributed by atoms with Crippen LogP contribution in [0.4, 0.5) is 0 Å². The summed E-state index contributed by atoms with van der Waals surface area (Å²) in [7, 11) is 1.54. The van der Waals surface area contributed by atoms with Crippen molar-refractivity contribution in [3.63, 3.8) is 0 Å². The first kappa shape index (κ1) is 17.8. The Hall–Kier alpha value is -1.97. The number of ether oxygens (including phenoxy) is 1. The molecule has 1 unspecified atom stereocenters. The fourth-order valence-electron chi connectivity index (χ4n) is 5.01. The van der Waals surface area contributed by atoms with Crippen LogP contribution in [0.2, 0.25) is 0 Å². The number of ketones is 1. The molecule has 0 spiro atoms. The van der Waals surface area contributed by atoms with Crippen LogP contribution in [-0.2, 0) is 5.41 Å². The second-order valence-electron chi connectivity index (χ2n) is 8.55. The zero-order chi connectivity index (χ0) is 18.7. The second kappa shape index (κ2) is 5.52. The number of carbonyl (C=O) groups is 1. The second-order valence-corrected chi connectivity index (χ2v) is 8.55. The van der Waals surface area contributed by atoms with Crippen LogP contribution in [0.15, 0.2) is 17.4 Å². The van der Waals surface area contributed by atoms with Crippen molar-refractivity contribution >= 4 is 5.78 Å². The highest BCUT2D eigenvalue weighted by Gasteiger charge is 2.52. The molecule has 4 heteroatoms. The van der Waals surface area contributed by atoms with Gasteiger partial charge in [-0.15, -0.1) is 0 Å². The monoisotopic (exact) mass is 344 g/mol. The number of phenolic OH excluding ortho intramolecular Hbond substituents is 1. The van der Waals surface area contributed by atoms with E-state index in [1.807, 2.05) is 20.8 Å². The molecule has 3 rings (SSSR count). The Morgan fingerprint density at radius 1 is 1.16 bits per heavy atom. The van der Waals surface area contributed by atoms with Crippen molar-refractivity contribution in [2.75, 3.05) is 7.11 Å². The van der Waals surface area contributed by atoms with Crippen molar-refractivity contribution in [3.05, 3.63) is 34.1 Å². The molecule has 2 aliphatic rings. The summed E-state index contributed by atoms with van der Waals surface area (Å²) in [4.78, 5) is 13.0. The molecular weight excluding hydrogens is 316 g/mol. The summed E-state index contributed by atoms with van der Waals surface area (Å²) in [6.45, 7) is 10.1. The highest BCUT2D eigenvalue weighted by molar-refractivity contribution is 6.11. The first-order valence-corrected chi connectivity index (χ1v) is 8.99. The van der Waals surface area contributed by atoms with Crippen LogP contribution in [0.25, 0.3) is 0 Å². The molecule has 2 N–H and O–H groups in total. The van der Waals surface area contributed by atoms with E-state index in [9.17, 15) is 15.0 Å². The zero-order valence-corrected chi connectivity index (χ0v) is 16.0. The average Bonchev–Trinajstić information content (AvgIpc) is 2.50. The molecule has 25 heavy (non-hydrogen) atoms. The third-order valence-corrected chi connectivity index (χ3v) is 6.06. The Labute approximate surface area is 149 Å². The van der Waals surface area contributed by atoms with Crippen LogP contribution in [0.1, 0.15) is 81.3 Å². The molecule has 0 aromatic heterocycles. The van der Waals surface area contributed by atoms with Crippen LogP contribution < -0.4 is 4.74 Å². The number of benzene rings is 1. The van der Waals surface area contributed by atoms with Crippen LogP contribution in [0.3, 0.4) is 0 Å². The predicted octanol–water partition coefficient (Wildman–Crippen LogP) is 5.00. The van der Waals surface area contributed by atoms with Crippen LogP contribution in [0, 0.1) is 5.41 Å². The minimum Gasteiger partial charge on any atom is -0.504 e. The molecule has 136 valence electrons. The Kier molecular flexibility index (Phi) is 3.94. The van der Waals surface area contributed by atoms with E-state index in [1.165, 1.54) is 0 Å². The Balaban J connectivity index is 2.40. The lowest BCUT2D eigenvalue weighted by Crippen LogP contribution is -2.43. The smallest absolute Gasteiger partial charge is 0.227 e. The SMILES string of the molecule is COc1c(C(C)C)cc2c(c1O)C1(C)CCCC(C)(C)C1=C(O)C2=O. The van der Waals surface area contributed by atoms with Gasteiger partial charge in [0.15, 0.2) is 17.3 Å². The van der Waals surface area contributed by atoms with E-state index < -0.39 is 11.2 Å². The number of aromatic hydroxyl groups is 1. The van der Waals surface area contributed by atoms with Gasteiger partial charge in [0.25, 0.3) is 0 Å². The van der Waals surface area contributed by atoms with Crippen LogP contribution in [0.5, 0.6) is 11.5 Å². The van der Waals surface area contributed by atoms with Crippen LogP contribution in [-0.4, -0.2) is 23.1 Å². The van der Waals surface area contributed by atoms with Gasteiger partial charge >= 0.3 is 0 Å². The highest BCUT2D eigenvalue weighted by Crippen LogP contribution is 2.59. The molecule has 1 atom stereocenters. The topological polar surface area (TPSA) is 66.8 Å². The minimum absolute atomic E-state index is 0.0437. The van der Waals surface area contributed by atoms with Gasteiger partial charge in [-0.1, -0.05) is 41.0 Å². The molecule has 1 aromatic carbocycles. The maximum absolute atomic E-state index is 13.0. The number of aliphatic hydroxyl groups excluding tert-OH is 1. The van der Waals surface area contributed by atoms with Gasteiger partial charge in [0.05, 0.1) is 7.11 Å². The van der Waals surface area contributed by atoms with Gasteiger partial charge in [-0.05, 0) is 35.8 Å². The molecular formula is C21H28O4. The van der Waals surface area contributed by atoms with Crippen molar-refractivity contribution < 1.29 is 19.7 Å².